The molecule has 68 heavy (non-hydrogen) atoms. The van der Waals surface area contributed by atoms with Gasteiger partial charge in [-0.15, -0.1) is 11.3 Å². The minimum absolute atomic E-state index is 0.0442. The number of hydrogen-bond acceptors (Lipinski definition) is 11. The number of nitrogens with zero attached hydrogens (tertiary/aromatic N) is 7. The van der Waals surface area contributed by atoms with E-state index in [1.165, 1.54) is 27.3 Å². The van der Waals surface area contributed by atoms with Crippen LogP contribution in [0.3, 0.4) is 0 Å². The van der Waals surface area contributed by atoms with Crippen LogP contribution in [0.1, 0.15) is 89.6 Å². The molecule has 3 radical (unpaired) electrons. The van der Waals surface area contributed by atoms with Crippen LogP contribution in [0.15, 0.2) is 54.6 Å². The maximum absolute atomic E-state index is 15.0. The van der Waals surface area contributed by atoms with Gasteiger partial charge in [-0.1, -0.05) is 40.3 Å². The van der Waals surface area contributed by atoms with Crippen LogP contribution in [0.2, 0.25) is 0 Å². The molecule has 18 heteroatoms. The number of thiazole rings is 1. The molecular formula is C50H64N9O7SSi. The van der Waals surface area contributed by atoms with Crippen molar-refractivity contribution in [2.75, 3.05) is 40.4 Å². The molecule has 6 bridgehead atoms. The minimum atomic E-state index is -1.75. The third-order valence-electron chi connectivity index (χ3n) is 14.2. The molecule has 4 aliphatic rings. The van der Waals surface area contributed by atoms with Gasteiger partial charge in [0.05, 0.1) is 57.1 Å². The molecule has 3 fully saturated rings. The van der Waals surface area contributed by atoms with E-state index in [0.717, 1.165) is 51.8 Å². The van der Waals surface area contributed by atoms with E-state index in [2.05, 4.69) is 77.2 Å². The second kappa shape index (κ2) is 19.5. The summed E-state index contributed by atoms with van der Waals surface area (Å²) in [6.07, 6.45) is 5.83. The lowest BCUT2D eigenvalue weighted by atomic mass is 9.81. The Balaban J connectivity index is 1.16. The number of methoxy groups -OCH3 is 1. The van der Waals surface area contributed by atoms with E-state index < -0.39 is 40.4 Å². The lowest BCUT2D eigenvalue weighted by molar-refractivity contribution is -0.156. The fourth-order valence-electron chi connectivity index (χ4n) is 10.5. The van der Waals surface area contributed by atoms with E-state index in [0.29, 0.717) is 49.6 Å². The molecule has 2 saturated heterocycles. The average Bonchev–Trinajstić information content (AvgIpc) is 3.90. The van der Waals surface area contributed by atoms with Gasteiger partial charge < -0.3 is 34.1 Å². The van der Waals surface area contributed by atoms with Crippen LogP contribution in [-0.4, -0.2) is 144 Å². The quantitative estimate of drug-likeness (QED) is 0.122. The Labute approximate surface area is 406 Å². The highest BCUT2D eigenvalue weighted by Gasteiger charge is 2.49. The Morgan fingerprint density at radius 2 is 1.82 bits per heavy atom. The van der Waals surface area contributed by atoms with Crippen LogP contribution >= 0.6 is 11.3 Å². The number of esters is 1. The molecule has 5 amide bonds. The Morgan fingerprint density at radius 3 is 2.51 bits per heavy atom. The van der Waals surface area contributed by atoms with E-state index in [4.69, 9.17) is 19.4 Å². The molecule has 0 spiro atoms. The van der Waals surface area contributed by atoms with Crippen LogP contribution in [0.5, 0.6) is 0 Å². The zero-order valence-corrected chi connectivity index (χ0v) is 42.3. The molecule has 1 saturated carbocycles. The van der Waals surface area contributed by atoms with E-state index in [9.17, 15) is 24.0 Å². The van der Waals surface area contributed by atoms with Crippen LogP contribution in [-0.2, 0) is 48.0 Å². The van der Waals surface area contributed by atoms with E-state index in [-0.39, 0.29) is 55.6 Å². The van der Waals surface area contributed by atoms with Gasteiger partial charge >= 0.3 is 12.0 Å². The predicted molar refractivity (Wildman–Crippen MR) is 261 cm³/mol. The van der Waals surface area contributed by atoms with Crippen LogP contribution in [0.4, 0.5) is 4.79 Å². The SMILES string of the molecule is C=CC(=O)N1CCN(C(=O)N(C)[C@H](C(=O)N[C@@]2([Si])Cc3nc(cs3)-c3ccc4c(c3)c(c(-c3cccnc3[C@H](C)OC)n4CC)CC(C)(C)COC(=O)[C@@H]3CCCN(N3)C2=O)C(C)C)[C@@H]2CC[C@@H]21. The summed E-state index contributed by atoms with van der Waals surface area (Å²) in [6, 6.07) is 7.99. The molecule has 1 aliphatic carbocycles. The predicted octanol–water partition coefficient (Wildman–Crippen LogP) is 5.64. The number of pyridine rings is 1. The number of fused-ring (bicyclic) bond motifs is 7. The number of piperazine rings is 1. The van der Waals surface area contributed by atoms with E-state index in [1.807, 2.05) is 32.2 Å². The molecule has 1 aromatic carbocycles. The lowest BCUT2D eigenvalue weighted by Crippen LogP contribution is -2.70. The topological polar surface area (TPSA) is 172 Å². The number of amides is 5. The first-order valence-corrected chi connectivity index (χ1v) is 25.1. The molecule has 361 valence electrons. The summed E-state index contributed by atoms with van der Waals surface area (Å²) in [6.45, 7) is 17.4. The normalized spacial score (nSPS) is 23.8. The summed E-state index contributed by atoms with van der Waals surface area (Å²) in [5, 5.41) is 6.25. The third-order valence-corrected chi connectivity index (χ3v) is 15.5. The second-order valence-corrected chi connectivity index (χ2v) is 21.6. The fraction of sp³-hybridized carbons (Fsp3) is 0.540. The molecule has 8 rings (SSSR count). The van der Waals surface area contributed by atoms with Crippen LogP contribution < -0.4 is 10.7 Å². The van der Waals surface area contributed by atoms with Crippen molar-refractivity contribution in [2.24, 2.45) is 11.3 Å². The molecule has 6 heterocycles. The van der Waals surface area contributed by atoms with Crippen molar-refractivity contribution in [1.82, 2.24) is 45.0 Å². The van der Waals surface area contributed by atoms with Gasteiger partial charge in [-0.2, -0.15) is 0 Å². The van der Waals surface area contributed by atoms with Gasteiger partial charge in [0.25, 0.3) is 5.91 Å². The first-order valence-electron chi connectivity index (χ1n) is 23.8. The van der Waals surface area contributed by atoms with Crippen molar-refractivity contribution < 1.29 is 33.4 Å². The molecule has 4 aromatic rings. The van der Waals surface area contributed by atoms with Gasteiger partial charge in [0.2, 0.25) is 11.8 Å². The van der Waals surface area contributed by atoms with Gasteiger partial charge in [0, 0.05) is 85.8 Å². The number of urea groups is 1. The number of rotatable bonds is 9. The van der Waals surface area contributed by atoms with E-state index in [1.54, 1.807) is 30.2 Å². The summed E-state index contributed by atoms with van der Waals surface area (Å²) in [4.78, 5) is 85.5. The number of benzene rings is 1. The van der Waals surface area contributed by atoms with Gasteiger partial charge in [-0.3, -0.25) is 29.2 Å². The molecule has 16 nitrogen and oxygen atoms in total. The number of ether oxygens (including phenoxy) is 2. The maximum atomic E-state index is 15.0. The van der Waals surface area contributed by atoms with Gasteiger partial charge in [-0.05, 0) is 87.8 Å². The molecule has 6 atom stereocenters. The summed E-state index contributed by atoms with van der Waals surface area (Å²) in [5.74, 6) is -2.04. The monoisotopic (exact) mass is 962 g/mol. The van der Waals surface area contributed by atoms with E-state index >= 15 is 0 Å². The Morgan fingerprint density at radius 1 is 1.09 bits per heavy atom. The summed E-state index contributed by atoms with van der Waals surface area (Å²) in [5.41, 5.74) is 9.17. The highest BCUT2D eigenvalue weighted by atomic mass is 32.1. The Bertz CT molecular complexity index is 2610. The van der Waals surface area contributed by atoms with Crippen molar-refractivity contribution >= 4 is 62.2 Å². The smallest absolute Gasteiger partial charge is 0.324 e. The maximum Gasteiger partial charge on any atom is 0.324 e. The molecule has 3 aliphatic heterocycles. The highest BCUT2D eigenvalue weighted by Crippen LogP contribution is 2.42. The number of cyclic esters (lactones) is 1. The third kappa shape index (κ3) is 9.23. The summed E-state index contributed by atoms with van der Waals surface area (Å²) >= 11 is 1.38. The number of likely N-dealkylation sites (N-methyl/N-ethyl adjacent to an activating group) is 1. The largest absolute Gasteiger partial charge is 0.464 e. The second-order valence-electron chi connectivity index (χ2n) is 19.8. The number of carbonyl (C=O) groups is 5. The summed E-state index contributed by atoms with van der Waals surface area (Å²) < 4.78 is 14.3. The van der Waals surface area contributed by atoms with Crippen LogP contribution in [0.25, 0.3) is 33.4 Å². The lowest BCUT2D eigenvalue weighted by Gasteiger charge is -2.54. The fourth-order valence-corrected chi connectivity index (χ4v) is 11.9. The van der Waals surface area contributed by atoms with Crippen molar-refractivity contribution in [3.8, 4) is 22.5 Å². The minimum Gasteiger partial charge on any atom is -0.464 e. The standard InChI is InChI=1S/C50H64N9O7SSi/c1-10-41(60)57-22-23-58(39-19-18-38(39)57)48(64)55(8)43(29(3)4)45(61)53-50(68)26-40-52-36(27-67-40)31-16-17-37-33(24-31)34(44(56(37)11-2)32-14-12-20-51-42(32)30(5)65-9)25-49(6,7)28-66-46(62)35-15-13-21-59(54-35)47(50)63/h10,12,14,16-17,20,24,27,29-30,35,38-39,43,54H,1,11,13,15,18-19,21-23,25-26,28H2,2-9H3,(H,53,61)/t30-,35-,38-,39+,43-,50+/m0/s1. The number of aromatic nitrogens is 3. The van der Waals surface area contributed by atoms with Crippen molar-refractivity contribution in [2.45, 2.75) is 122 Å². The highest BCUT2D eigenvalue weighted by molar-refractivity contribution is 7.10. The number of carbonyl (C=O) groups excluding carboxylic acids is 5. The molecular weight excluding hydrogens is 899 g/mol. The molecule has 0 unspecified atom stereocenters. The van der Waals surface area contributed by atoms with Crippen molar-refractivity contribution in [3.05, 3.63) is 70.8 Å². The number of nitrogens with one attached hydrogen (secondary N) is 2. The Kier molecular flexibility index (Phi) is 14.1. The number of hydrogen-bond donors (Lipinski definition) is 2. The summed E-state index contributed by atoms with van der Waals surface area (Å²) in [7, 11) is 7.12. The number of hydrazine groups is 1. The number of aryl methyl sites for hydroxylation is 1. The van der Waals surface area contributed by atoms with Gasteiger partial charge in [0.15, 0.2) is 0 Å². The van der Waals surface area contributed by atoms with Gasteiger partial charge in [-0.25, -0.2) is 15.2 Å². The first-order chi connectivity index (χ1) is 32.4. The van der Waals surface area contributed by atoms with Crippen molar-refractivity contribution in [3.63, 3.8) is 0 Å². The molecule has 2 N–H and O–H groups in total. The van der Waals surface area contributed by atoms with Crippen LogP contribution in [0, 0.1) is 11.3 Å². The first kappa shape index (κ1) is 49.0. The zero-order chi connectivity index (χ0) is 48.8. The molecule has 3 aromatic heterocycles. The van der Waals surface area contributed by atoms with Gasteiger partial charge in [0.1, 0.15) is 17.2 Å². The average molecular weight is 963 g/mol. The Hall–Kier alpha value is -5.43. The zero-order valence-electron chi connectivity index (χ0n) is 40.5. The van der Waals surface area contributed by atoms with Crippen molar-refractivity contribution in [1.29, 1.82) is 0 Å².